The maximum Gasteiger partial charge on any atom is 0.423 e. The average Bonchev–Trinajstić information content (AvgIpc) is 1.87. The Labute approximate surface area is 90.4 Å². The summed E-state index contributed by atoms with van der Waals surface area (Å²) in [6, 6.07) is 0. The van der Waals surface area contributed by atoms with Gasteiger partial charge in [-0.3, -0.25) is 0 Å². The van der Waals surface area contributed by atoms with Crippen LogP contribution in [-0.2, 0) is 4.79 Å². The number of carbonyl (C=O) groups is 1. The first kappa shape index (κ1) is 9.86. The van der Waals surface area contributed by atoms with Gasteiger partial charge in [-0.25, -0.2) is 4.79 Å². The van der Waals surface area contributed by atoms with Crippen LogP contribution in [0.2, 0.25) is 0 Å². The summed E-state index contributed by atoms with van der Waals surface area (Å²) < 4.78 is 1.08. The first-order chi connectivity index (χ1) is 4.89. The highest BCUT2D eigenvalue weighted by atomic mass is 79.9. The van der Waals surface area contributed by atoms with Gasteiger partial charge in [0.05, 0.1) is 0 Å². The number of β-lactam (4-membered cyclic amide) rings is 1. The van der Waals surface area contributed by atoms with Crippen LogP contribution in [0.15, 0.2) is 0 Å². The minimum Gasteiger partial charge on any atom is -0.217 e. The van der Waals surface area contributed by atoms with Crippen LogP contribution in [-0.4, -0.2) is 24.4 Å². The lowest BCUT2D eigenvalue weighted by molar-refractivity contribution is -0.501. The van der Waals surface area contributed by atoms with E-state index in [9.17, 15) is 4.79 Å². The van der Waals surface area contributed by atoms with Crippen LogP contribution in [0.25, 0.3) is 0 Å². The molecule has 0 radical (unpaired) electrons. The van der Waals surface area contributed by atoms with Gasteiger partial charge in [0, 0.05) is 13.8 Å². The molecule has 1 amide bonds. The summed E-state index contributed by atoms with van der Waals surface area (Å²) in [6.45, 7) is 3.81. The zero-order valence-corrected chi connectivity index (χ0v) is 10.8. The van der Waals surface area contributed by atoms with E-state index in [1.54, 1.807) is 4.58 Å². The van der Waals surface area contributed by atoms with Gasteiger partial charge in [-0.15, -0.1) is 0 Å². The number of rotatable bonds is 0. The Hall–Kier alpha value is 0.780. The van der Waals surface area contributed by atoms with Crippen molar-refractivity contribution in [2.75, 3.05) is 0 Å². The fraction of sp³-hybridized carbons (Fsp3) is 0.667. The lowest BCUT2D eigenvalue weighted by Crippen LogP contribution is -2.61. The van der Waals surface area contributed by atoms with Crippen molar-refractivity contribution in [3.63, 3.8) is 0 Å². The Morgan fingerprint density at radius 2 is 2.00 bits per heavy atom. The summed E-state index contributed by atoms with van der Waals surface area (Å²) in [5.74, 6) is 0.0411. The van der Waals surface area contributed by atoms with Crippen LogP contribution in [0.4, 0.5) is 0 Å². The predicted octanol–water partition coefficient (Wildman–Crippen LogP) is 2.23. The van der Waals surface area contributed by atoms with E-state index in [2.05, 4.69) is 47.8 Å². The maximum absolute atomic E-state index is 11.3. The molecule has 0 aromatic rings. The van der Waals surface area contributed by atoms with Gasteiger partial charge < -0.3 is 0 Å². The molecule has 1 heterocycles. The molecule has 5 heteroatoms. The van der Waals surface area contributed by atoms with Gasteiger partial charge in [0.15, 0.2) is 5.71 Å². The Kier molecular flexibility index (Phi) is 2.62. The van der Waals surface area contributed by atoms with E-state index >= 15 is 0 Å². The fourth-order valence-corrected chi connectivity index (χ4v) is 2.47. The highest BCUT2D eigenvalue weighted by molar-refractivity contribution is 9.26. The quantitative estimate of drug-likeness (QED) is 0.284. The Morgan fingerprint density at radius 3 is 2.18 bits per heavy atom. The van der Waals surface area contributed by atoms with Crippen molar-refractivity contribution < 1.29 is 9.37 Å². The molecule has 1 fully saturated rings. The van der Waals surface area contributed by atoms with Crippen LogP contribution >= 0.6 is 47.8 Å². The molecule has 1 rings (SSSR count). The van der Waals surface area contributed by atoms with Gasteiger partial charge in [-0.2, -0.15) is 4.58 Å². The largest absolute Gasteiger partial charge is 0.423 e. The zero-order valence-electron chi connectivity index (χ0n) is 6.07. The predicted molar refractivity (Wildman–Crippen MR) is 54.9 cm³/mol. The molecule has 11 heavy (non-hydrogen) atoms. The summed E-state index contributed by atoms with van der Waals surface area (Å²) in [4.78, 5) is 11.3. The lowest BCUT2D eigenvalue weighted by Gasteiger charge is -2.29. The molecule has 0 spiro atoms. The normalized spacial score (nSPS) is 28.3. The average molecular weight is 349 g/mol. The molecule has 1 aliphatic heterocycles. The minimum absolute atomic E-state index is 0.00694. The van der Waals surface area contributed by atoms with E-state index in [4.69, 9.17) is 0 Å². The summed E-state index contributed by atoms with van der Waals surface area (Å²) in [5.41, 5.74) is 0.992. The molecule has 62 valence electrons. The van der Waals surface area contributed by atoms with Crippen molar-refractivity contribution >= 4 is 59.4 Å². The smallest absolute Gasteiger partial charge is 0.217 e. The molecule has 1 saturated heterocycles. The highest BCUT2D eigenvalue weighted by Gasteiger charge is 2.65. The van der Waals surface area contributed by atoms with Gasteiger partial charge in [0.25, 0.3) is 8.18 Å². The second-order valence-corrected chi connectivity index (χ2v) is 7.01. The van der Waals surface area contributed by atoms with Crippen molar-refractivity contribution in [1.82, 2.24) is 0 Å². The Bertz CT molecular complexity index is 242. The van der Waals surface area contributed by atoms with Crippen LogP contribution in [0, 0.1) is 0 Å². The number of nitrogens with zero attached hydrogens (tertiary/aromatic N) is 1. The van der Waals surface area contributed by atoms with Gasteiger partial charge in [0.1, 0.15) is 0 Å². The maximum atomic E-state index is 11.3. The molecule has 0 aliphatic carbocycles. The highest BCUT2D eigenvalue weighted by Crippen LogP contribution is 2.44. The first-order valence-corrected chi connectivity index (χ1v) is 5.55. The Balaban J connectivity index is 2.99. The molecule has 1 atom stereocenters. The second kappa shape index (κ2) is 2.92. The molecule has 1 aliphatic rings. The molecule has 0 bridgehead atoms. The molecule has 2 nitrogen and oxygen atoms in total. The van der Waals surface area contributed by atoms with Crippen LogP contribution in [0.1, 0.15) is 13.8 Å². The fourth-order valence-electron chi connectivity index (χ4n) is 0.891. The van der Waals surface area contributed by atoms with Crippen molar-refractivity contribution in [3.05, 3.63) is 0 Å². The van der Waals surface area contributed by atoms with E-state index in [-0.39, 0.29) is 10.9 Å². The third kappa shape index (κ3) is 1.35. The molecular formula is C6H7Br3NO+. The Morgan fingerprint density at radius 1 is 1.55 bits per heavy atom. The van der Waals surface area contributed by atoms with E-state index < -0.39 is 3.23 Å². The van der Waals surface area contributed by atoms with Crippen LogP contribution in [0.5, 0.6) is 0 Å². The van der Waals surface area contributed by atoms with Gasteiger partial charge in [-0.1, -0.05) is 0 Å². The van der Waals surface area contributed by atoms with Gasteiger partial charge >= 0.3 is 5.91 Å². The van der Waals surface area contributed by atoms with Crippen molar-refractivity contribution in [1.29, 1.82) is 0 Å². The number of alkyl halides is 3. The second-order valence-electron chi connectivity index (χ2n) is 2.58. The van der Waals surface area contributed by atoms with Crippen molar-refractivity contribution in [2.45, 2.75) is 22.0 Å². The number of hydrogen-bond acceptors (Lipinski definition) is 1. The molecule has 0 N–H and O–H groups in total. The van der Waals surface area contributed by atoms with Crippen LogP contribution < -0.4 is 0 Å². The van der Waals surface area contributed by atoms with Crippen LogP contribution in [0.3, 0.4) is 0 Å². The SMILES string of the molecule is CC(C)=[N+]1C(=O)C(Br)(Br)C1Br. The number of amides is 1. The van der Waals surface area contributed by atoms with Gasteiger partial charge in [0.2, 0.25) is 0 Å². The summed E-state index contributed by atoms with van der Waals surface area (Å²) in [6.07, 6.45) is 0. The summed E-state index contributed by atoms with van der Waals surface area (Å²) in [5, 5.41) is 0. The first-order valence-electron chi connectivity index (χ1n) is 3.04. The lowest BCUT2D eigenvalue weighted by atomic mass is 10.2. The van der Waals surface area contributed by atoms with E-state index in [0.29, 0.717) is 0 Å². The topological polar surface area (TPSA) is 20.1 Å². The van der Waals surface area contributed by atoms with E-state index in [0.717, 1.165) is 5.71 Å². The monoisotopic (exact) mass is 346 g/mol. The molecular weight excluding hydrogens is 342 g/mol. The van der Waals surface area contributed by atoms with Crippen molar-refractivity contribution in [3.8, 4) is 0 Å². The number of halogens is 3. The zero-order chi connectivity index (χ0) is 8.81. The molecule has 1 unspecified atom stereocenters. The third-order valence-corrected chi connectivity index (χ3v) is 5.38. The standard InChI is InChI=1S/C6H7Br3NO/c1-3(2)10-4(7)6(8,9)5(10)11/h4H,1-2H3/q+1. The van der Waals surface area contributed by atoms with Gasteiger partial charge in [-0.05, 0) is 47.8 Å². The van der Waals surface area contributed by atoms with E-state index in [1.807, 2.05) is 13.8 Å². The summed E-state index contributed by atoms with van der Waals surface area (Å²) >= 11 is 9.92. The minimum atomic E-state index is -0.600. The molecule has 0 aromatic heterocycles. The molecule has 0 saturated carbocycles. The summed E-state index contributed by atoms with van der Waals surface area (Å²) in [7, 11) is 0. The van der Waals surface area contributed by atoms with E-state index in [1.165, 1.54) is 0 Å². The third-order valence-electron chi connectivity index (χ3n) is 1.51. The number of hydrogen-bond donors (Lipinski definition) is 0. The molecule has 0 aromatic carbocycles. The van der Waals surface area contributed by atoms with Crippen molar-refractivity contribution in [2.24, 2.45) is 0 Å². The number of carbonyl (C=O) groups excluding carboxylic acids is 1.